The Labute approximate surface area is 117 Å². The van der Waals surface area contributed by atoms with Gasteiger partial charge >= 0.3 is 43.6 Å². The van der Waals surface area contributed by atoms with E-state index in [1.807, 2.05) is 0 Å². The average molecular weight is 369 g/mol. The van der Waals surface area contributed by atoms with Gasteiger partial charge in [-0.1, -0.05) is 0 Å². The van der Waals surface area contributed by atoms with E-state index < -0.39 is 32.4 Å². The molecule has 78 valence electrons. The van der Waals surface area contributed by atoms with E-state index in [-0.39, 0.29) is 43.6 Å². The second-order valence-electron chi connectivity index (χ2n) is 0.567. The van der Waals surface area contributed by atoms with Crippen LogP contribution in [0.3, 0.4) is 0 Å². The molecule has 0 spiro atoms. The maximum absolute atomic E-state index is 8.41. The van der Waals surface area contributed by atoms with Gasteiger partial charge in [-0.15, -0.1) is 0 Å². The molecule has 0 aliphatic heterocycles. The fourth-order valence-electron chi connectivity index (χ4n) is 0. The van der Waals surface area contributed by atoms with Gasteiger partial charge < -0.3 is 41.9 Å². The second kappa shape index (κ2) is 24.2. The van der Waals surface area contributed by atoms with Gasteiger partial charge in [-0.25, -0.2) is 0 Å². The van der Waals surface area contributed by atoms with Gasteiger partial charge in [0.1, 0.15) is 0 Å². The van der Waals surface area contributed by atoms with E-state index in [1.54, 1.807) is 0 Å². The third kappa shape index (κ3) is 627. The summed E-state index contributed by atoms with van der Waals surface area (Å²) in [7, 11) is -8.56. The Kier molecular flexibility index (Phi) is 51.5. The van der Waals surface area contributed by atoms with Crippen molar-refractivity contribution in [2.24, 2.45) is 0 Å². The quantitative estimate of drug-likeness (QED) is 0.371. The molecule has 0 aromatic rings. The zero-order valence-electron chi connectivity index (χ0n) is 5.89. The topological polar surface area (TPSA) is 208 Å². The van der Waals surface area contributed by atoms with Crippen LogP contribution >= 0.6 is 0 Å². The van der Waals surface area contributed by atoms with Gasteiger partial charge in [0, 0.05) is 0 Å². The van der Waals surface area contributed by atoms with Crippen LogP contribution in [0.2, 0.25) is 0 Å². The van der Waals surface area contributed by atoms with Gasteiger partial charge in [0.15, 0.2) is 0 Å². The number of hydrogen-bond donors (Lipinski definition) is 0. The molecule has 0 aliphatic carbocycles. The first-order valence-corrected chi connectivity index (χ1v) is 4.17. The van der Waals surface area contributed by atoms with Crippen LogP contribution in [0.5, 0.6) is 0 Å². The second-order valence-corrected chi connectivity index (χ2v) is 1.70. The van der Waals surface area contributed by atoms with Crippen molar-refractivity contribution in [3.05, 3.63) is 0 Å². The molecule has 9 nitrogen and oxygen atoms in total. The average Bonchev–Trinajstić information content (AvgIpc) is 1.54. The van der Waals surface area contributed by atoms with Crippen LogP contribution in [0.1, 0.15) is 0 Å². The van der Waals surface area contributed by atoms with Gasteiger partial charge in [-0.05, 0) is 0 Å². The molecule has 0 fully saturated rings. The van der Waals surface area contributed by atoms with Gasteiger partial charge in [0.2, 0.25) is 0 Å². The first-order valence-electron chi connectivity index (χ1n) is 1.39. The van der Waals surface area contributed by atoms with Crippen LogP contribution in [0.15, 0.2) is 0 Å². The van der Waals surface area contributed by atoms with Gasteiger partial charge in [-0.3, -0.25) is 0 Å². The summed E-state index contributed by atoms with van der Waals surface area (Å²) in [6.07, 6.45) is 0. The first-order chi connectivity index (χ1) is 5.20. The summed E-state index contributed by atoms with van der Waals surface area (Å²) in [6.45, 7) is 0. The molecule has 0 aliphatic rings. The molecule has 0 radical (unpaired) electrons. The van der Waals surface area contributed by atoms with Gasteiger partial charge in [0.25, 0.3) is 0 Å². The molecular formula is AlCl3O9Zr+4. The summed E-state index contributed by atoms with van der Waals surface area (Å²) in [6, 6.07) is 0. The molecule has 14 heteroatoms. The number of rotatable bonds is 0. The monoisotopic (exact) mass is 366 g/mol. The van der Waals surface area contributed by atoms with Crippen molar-refractivity contribution in [1.82, 2.24) is 0 Å². The van der Waals surface area contributed by atoms with E-state index in [2.05, 4.69) is 0 Å². The van der Waals surface area contributed by atoms with Crippen molar-refractivity contribution in [2.45, 2.75) is 0 Å². The molecule has 0 bridgehead atoms. The van der Waals surface area contributed by atoms with Crippen molar-refractivity contribution >= 4 is 17.4 Å². The maximum atomic E-state index is 8.41. The number of halogens is 3. The third-order valence-electron chi connectivity index (χ3n) is 0. The fraction of sp³-hybridized carbons (Fsp3) is 0. The molecule has 0 saturated carbocycles. The summed E-state index contributed by atoms with van der Waals surface area (Å²) in [5, 5.41) is 0. The van der Waals surface area contributed by atoms with Crippen molar-refractivity contribution in [3.8, 4) is 0 Å². The molecule has 0 N–H and O–H groups in total. The molecule has 0 atom stereocenters. The van der Waals surface area contributed by atoms with E-state index in [9.17, 15) is 0 Å². The normalized spacial score (nSPS) is 7.71. The van der Waals surface area contributed by atoms with Crippen LogP contribution in [-0.2, 0) is 26.2 Å². The third-order valence-corrected chi connectivity index (χ3v) is 0. The van der Waals surface area contributed by atoms with Crippen LogP contribution in [0.25, 0.3) is 0 Å². The standard InChI is InChI=1S/Al.3ClO3.Zr/c;3*2-1(3)4;/q+3;3*-1;+4. The summed E-state index contributed by atoms with van der Waals surface area (Å²) < 4.78 is 75.7. The molecule has 0 amide bonds. The van der Waals surface area contributed by atoms with Crippen LogP contribution < -0.4 is 41.9 Å². The molecule has 0 unspecified atom stereocenters. The number of hydrogen-bond acceptors (Lipinski definition) is 9. The summed E-state index contributed by atoms with van der Waals surface area (Å²) in [4.78, 5) is 0. The molecule has 0 heterocycles. The van der Waals surface area contributed by atoms with E-state index >= 15 is 0 Å². The predicted octanol–water partition coefficient (Wildman–Crippen LogP) is -11.1. The fourth-order valence-corrected chi connectivity index (χ4v) is 0. The van der Waals surface area contributed by atoms with E-state index in [0.29, 0.717) is 0 Å². The van der Waals surface area contributed by atoms with Gasteiger partial charge in [0.05, 0.1) is 32.4 Å². The SMILES string of the molecule is [Al+3].[O-][Cl+2]([O-])[O-].[O-][Cl+2]([O-])[O-].[O-][Cl+2]([O-])[O-].[Zr+4]. The Bertz CT molecular complexity index is 48.5. The van der Waals surface area contributed by atoms with Gasteiger partial charge in [-0.2, -0.15) is 0 Å². The smallest absolute Gasteiger partial charge is 0.357 e. The minimum atomic E-state index is -2.85. The predicted molar refractivity (Wildman–Crippen MR) is 5.75 cm³/mol. The Hall–Kier alpha value is 1.93. The molecular weight excluding hydrogens is 369 g/mol. The minimum Gasteiger partial charge on any atom is -0.357 e. The van der Waals surface area contributed by atoms with Crippen molar-refractivity contribution in [3.63, 3.8) is 0 Å². The Morgan fingerprint density at radius 1 is 0.429 bits per heavy atom. The molecule has 0 aromatic heterocycles. The molecule has 0 aromatic carbocycles. The van der Waals surface area contributed by atoms with Crippen molar-refractivity contribution in [2.75, 3.05) is 0 Å². The van der Waals surface area contributed by atoms with E-state index in [4.69, 9.17) is 41.9 Å². The first kappa shape index (κ1) is 29.7. The largest absolute Gasteiger partial charge is 4.00 e. The van der Waals surface area contributed by atoms with E-state index in [0.717, 1.165) is 0 Å². The van der Waals surface area contributed by atoms with Crippen LogP contribution in [0.4, 0.5) is 0 Å². The zero-order valence-corrected chi connectivity index (χ0v) is 11.8. The van der Waals surface area contributed by atoms with Crippen molar-refractivity contribution in [1.29, 1.82) is 0 Å². The van der Waals surface area contributed by atoms with Crippen LogP contribution in [-0.4, -0.2) is 17.4 Å². The summed E-state index contributed by atoms with van der Waals surface area (Å²) in [5.74, 6) is 0. The Balaban J connectivity index is -0.0000000270. The van der Waals surface area contributed by atoms with E-state index in [1.165, 1.54) is 0 Å². The molecule has 14 heavy (non-hydrogen) atoms. The molecule has 0 rings (SSSR count). The Morgan fingerprint density at radius 3 is 0.429 bits per heavy atom. The summed E-state index contributed by atoms with van der Waals surface area (Å²) in [5.41, 5.74) is 0. The summed E-state index contributed by atoms with van der Waals surface area (Å²) >= 11 is 0. The van der Waals surface area contributed by atoms with Crippen LogP contribution in [0, 0.1) is 32.4 Å². The van der Waals surface area contributed by atoms with Crippen molar-refractivity contribution < 1.29 is 100 Å². The zero-order chi connectivity index (χ0) is 10.7. The maximum Gasteiger partial charge on any atom is 4.00 e. The Morgan fingerprint density at radius 2 is 0.429 bits per heavy atom. The molecule has 0 saturated heterocycles. The minimum absolute atomic E-state index is 0.